The lowest BCUT2D eigenvalue weighted by atomic mass is 9.99. The number of rotatable bonds is 8. The number of halogens is 3. The molecule has 3 heterocycles. The molecule has 202 valence electrons. The molecular weight excluding hydrogens is 501 g/mol. The van der Waals surface area contributed by atoms with Crippen LogP contribution in [0.4, 0.5) is 13.2 Å². The second-order valence-electron chi connectivity index (χ2n) is 8.55. The van der Waals surface area contributed by atoms with Crippen LogP contribution in [0.15, 0.2) is 34.5 Å². The Balaban J connectivity index is 1.62. The molecule has 0 unspecified atom stereocenters. The highest BCUT2D eigenvalue weighted by atomic mass is 19.4. The maximum absolute atomic E-state index is 13.4. The average Bonchev–Trinajstić information content (AvgIpc) is 3.64. The van der Waals surface area contributed by atoms with E-state index >= 15 is 0 Å². The number of hydrogen-bond acceptors (Lipinski definition) is 13. The Bertz CT molecular complexity index is 961. The second-order valence-corrected chi connectivity index (χ2v) is 8.55. The normalized spacial score (nSPS) is 39.8. The molecule has 0 spiro atoms. The van der Waals surface area contributed by atoms with Gasteiger partial charge in [-0.25, -0.2) is 0 Å². The monoisotopic (exact) mass is 526 g/mol. The minimum absolute atomic E-state index is 0.241. The van der Waals surface area contributed by atoms with Gasteiger partial charge in [-0.05, 0) is 12.1 Å². The molecule has 0 bridgehead atoms. The number of alkyl halides is 3. The molecule has 4 rings (SSSR count). The second kappa shape index (κ2) is 9.71. The van der Waals surface area contributed by atoms with Gasteiger partial charge in [0.25, 0.3) is 0 Å². The number of aliphatic hydroxyl groups excluding tert-OH is 7. The van der Waals surface area contributed by atoms with Crippen LogP contribution in [0.2, 0.25) is 0 Å². The molecule has 0 radical (unpaired) electrons. The Morgan fingerprint density at radius 1 is 0.917 bits per heavy atom. The highest BCUT2D eigenvalue weighted by Gasteiger charge is 2.65. The van der Waals surface area contributed by atoms with Crippen molar-refractivity contribution < 1.29 is 67.9 Å². The summed E-state index contributed by atoms with van der Waals surface area (Å²) in [6.07, 6.45) is -18.4. The van der Waals surface area contributed by atoms with Crippen molar-refractivity contribution in [1.29, 1.82) is 0 Å². The van der Waals surface area contributed by atoms with Gasteiger partial charge < -0.3 is 54.7 Å². The fourth-order valence-electron chi connectivity index (χ4n) is 4.15. The molecule has 13 nitrogen and oxygen atoms in total. The first-order valence-electron chi connectivity index (χ1n) is 10.8. The van der Waals surface area contributed by atoms with Crippen LogP contribution in [0, 0.1) is 0 Å². The molecule has 3 aliphatic rings. The van der Waals surface area contributed by atoms with Crippen LogP contribution in [-0.4, -0.2) is 117 Å². The predicted octanol–water partition coefficient (Wildman–Crippen LogP) is -2.13. The zero-order valence-electron chi connectivity index (χ0n) is 18.3. The van der Waals surface area contributed by atoms with Gasteiger partial charge in [-0.15, -0.1) is 10.2 Å². The fraction of sp³-hybridized carbons (Fsp3) is 0.700. The Labute approximate surface area is 200 Å². The van der Waals surface area contributed by atoms with E-state index in [1.165, 1.54) is 12.1 Å². The Hall–Kier alpha value is -1.99. The SMILES string of the molecule is OC[C@H]1O[C@@](CO)(O[C@H]2O[C@H](CO)[C@@H](O)[C@H](O)[C@H]2O)[C@@H](Oc2cccc(C3(C(F)(F)F)N=N3)c2)[C@@H]1O. The molecule has 9 atom stereocenters. The van der Waals surface area contributed by atoms with Gasteiger partial charge in [0.1, 0.15) is 49.0 Å². The van der Waals surface area contributed by atoms with Gasteiger partial charge in [0.05, 0.1) is 13.2 Å². The standard InChI is InChI=1S/C20H25F3N2O11/c21-20(22,23)19(24-25-19)8-2-1-3-9(4-8)33-16-13(30)11(6-27)35-18(16,7-28)36-17-15(32)14(31)12(29)10(5-26)34-17/h1-4,10-17,26-32H,5-7H2/t10-,11-,12-,13-,14+,15-,16+,17-,18+/m1/s1. The van der Waals surface area contributed by atoms with Crippen molar-refractivity contribution in [3.63, 3.8) is 0 Å². The molecule has 0 aliphatic carbocycles. The smallest absolute Gasteiger partial charge is 0.442 e. The average molecular weight is 526 g/mol. The summed E-state index contributed by atoms with van der Waals surface area (Å²) in [6, 6.07) is 4.53. The van der Waals surface area contributed by atoms with E-state index in [2.05, 4.69) is 10.2 Å². The fourth-order valence-corrected chi connectivity index (χ4v) is 4.15. The van der Waals surface area contributed by atoms with Crippen LogP contribution in [0.25, 0.3) is 0 Å². The quantitative estimate of drug-likeness (QED) is 0.195. The maximum atomic E-state index is 13.4. The predicted molar refractivity (Wildman–Crippen MR) is 106 cm³/mol. The van der Waals surface area contributed by atoms with E-state index in [1.54, 1.807) is 0 Å². The molecule has 1 aromatic carbocycles. The number of nitrogens with zero attached hydrogens (tertiary/aromatic N) is 2. The molecule has 36 heavy (non-hydrogen) atoms. The van der Waals surface area contributed by atoms with Crippen molar-refractivity contribution in [2.45, 2.75) is 66.6 Å². The van der Waals surface area contributed by atoms with Crippen molar-refractivity contribution in [1.82, 2.24) is 0 Å². The van der Waals surface area contributed by atoms with Crippen molar-refractivity contribution in [2.24, 2.45) is 10.2 Å². The van der Waals surface area contributed by atoms with Crippen molar-refractivity contribution >= 4 is 0 Å². The highest BCUT2D eigenvalue weighted by molar-refractivity contribution is 5.37. The van der Waals surface area contributed by atoms with Crippen molar-refractivity contribution in [3.05, 3.63) is 29.8 Å². The third kappa shape index (κ3) is 4.47. The van der Waals surface area contributed by atoms with E-state index in [4.69, 9.17) is 18.9 Å². The van der Waals surface area contributed by atoms with Gasteiger partial charge in [0.2, 0.25) is 5.79 Å². The molecule has 2 fully saturated rings. The van der Waals surface area contributed by atoms with Crippen LogP contribution in [0.1, 0.15) is 5.56 Å². The molecule has 3 aliphatic heterocycles. The lowest BCUT2D eigenvalue weighted by Gasteiger charge is -2.43. The minimum Gasteiger partial charge on any atom is -0.482 e. The van der Waals surface area contributed by atoms with E-state index in [0.717, 1.165) is 12.1 Å². The zero-order chi connectivity index (χ0) is 26.5. The van der Waals surface area contributed by atoms with Crippen molar-refractivity contribution in [3.8, 4) is 5.75 Å². The third-order valence-corrected chi connectivity index (χ3v) is 6.23. The third-order valence-electron chi connectivity index (χ3n) is 6.23. The maximum Gasteiger partial charge on any atom is 0.442 e. The van der Waals surface area contributed by atoms with Crippen LogP contribution < -0.4 is 4.74 Å². The molecule has 16 heteroatoms. The Morgan fingerprint density at radius 2 is 1.58 bits per heavy atom. The summed E-state index contributed by atoms with van der Waals surface area (Å²) in [4.78, 5) is 0. The molecule has 1 aromatic rings. The van der Waals surface area contributed by atoms with Crippen LogP contribution in [0.5, 0.6) is 5.75 Å². The highest BCUT2D eigenvalue weighted by Crippen LogP contribution is 2.53. The molecular formula is C20H25F3N2O11. The largest absolute Gasteiger partial charge is 0.482 e. The Kier molecular flexibility index (Phi) is 7.30. The van der Waals surface area contributed by atoms with Crippen LogP contribution >= 0.6 is 0 Å². The molecule has 2 saturated heterocycles. The number of ether oxygens (including phenoxy) is 4. The summed E-state index contributed by atoms with van der Waals surface area (Å²) in [5.41, 5.74) is -3.14. The Morgan fingerprint density at radius 3 is 2.14 bits per heavy atom. The first kappa shape index (κ1) is 27.1. The van der Waals surface area contributed by atoms with Crippen LogP contribution in [-0.2, 0) is 19.9 Å². The van der Waals surface area contributed by atoms with Crippen LogP contribution in [0.3, 0.4) is 0 Å². The van der Waals surface area contributed by atoms with Gasteiger partial charge in [-0.3, -0.25) is 0 Å². The van der Waals surface area contributed by atoms with Gasteiger partial charge in [-0.1, -0.05) is 12.1 Å². The number of hydrogen-bond donors (Lipinski definition) is 7. The van der Waals surface area contributed by atoms with Crippen molar-refractivity contribution in [2.75, 3.05) is 19.8 Å². The first-order valence-corrected chi connectivity index (χ1v) is 10.8. The zero-order valence-corrected chi connectivity index (χ0v) is 18.3. The van der Waals surface area contributed by atoms with Gasteiger partial charge in [-0.2, -0.15) is 13.2 Å². The lowest BCUT2D eigenvalue weighted by molar-refractivity contribution is -0.382. The van der Waals surface area contributed by atoms with E-state index in [9.17, 15) is 48.9 Å². The van der Waals surface area contributed by atoms with E-state index < -0.39 is 86.5 Å². The van der Waals surface area contributed by atoms with E-state index in [0.29, 0.717) is 0 Å². The van der Waals surface area contributed by atoms with E-state index in [-0.39, 0.29) is 11.3 Å². The minimum atomic E-state index is -4.81. The summed E-state index contributed by atoms with van der Waals surface area (Å²) in [5.74, 6) is -2.62. The molecule has 0 aromatic heterocycles. The molecule has 0 amide bonds. The summed E-state index contributed by atoms with van der Waals surface area (Å²) < 4.78 is 62.2. The first-order chi connectivity index (χ1) is 16.9. The summed E-state index contributed by atoms with van der Waals surface area (Å²) in [7, 11) is 0. The topological polar surface area (TPSA) is 203 Å². The molecule has 7 N–H and O–H groups in total. The summed E-state index contributed by atoms with van der Waals surface area (Å²) in [6.45, 7) is -2.67. The summed E-state index contributed by atoms with van der Waals surface area (Å²) >= 11 is 0. The van der Waals surface area contributed by atoms with Gasteiger partial charge in [0.15, 0.2) is 12.4 Å². The van der Waals surface area contributed by atoms with Gasteiger partial charge in [0, 0.05) is 5.56 Å². The molecule has 0 saturated carbocycles. The van der Waals surface area contributed by atoms with E-state index in [1.807, 2.05) is 0 Å². The van der Waals surface area contributed by atoms with Gasteiger partial charge >= 0.3 is 11.8 Å². The lowest BCUT2D eigenvalue weighted by Crippen LogP contribution is -2.63. The number of benzene rings is 1. The summed E-state index contributed by atoms with van der Waals surface area (Å²) in [5, 5.41) is 76.3. The number of aliphatic hydroxyl groups is 7.